The zero-order chi connectivity index (χ0) is 20.7. The minimum absolute atomic E-state index is 0.0748. The molecule has 4 N–H and O–H groups in total. The monoisotopic (exact) mass is 459 g/mol. The van der Waals surface area contributed by atoms with Crippen molar-refractivity contribution in [2.75, 3.05) is 6.61 Å². The minimum Gasteiger partial charge on any atom is -0.477 e. The number of nitrogens with one attached hydrogen (secondary N) is 1. The number of fused-ring (bicyclic) bond motifs is 1. The van der Waals surface area contributed by atoms with E-state index < -0.39 is 61.6 Å². The van der Waals surface area contributed by atoms with Gasteiger partial charge in [-0.25, -0.2) is 9.59 Å². The van der Waals surface area contributed by atoms with E-state index in [2.05, 4.69) is 5.32 Å². The molecule has 2 atom stereocenters. The van der Waals surface area contributed by atoms with Crippen LogP contribution >= 0.6 is 46.6 Å². The predicted molar refractivity (Wildman–Crippen MR) is 94.9 cm³/mol. The Labute approximate surface area is 171 Å². The molecule has 0 aliphatic carbocycles. The Bertz CT molecular complexity index is 782. The fraction of sp³-hybridized carbons (Fsp3) is 0.462. The van der Waals surface area contributed by atoms with Gasteiger partial charge in [0.25, 0.3) is 3.79 Å². The molecular weight excluding hydrogens is 449 g/mol. The molecule has 1 fully saturated rings. The molecule has 2 aliphatic heterocycles. The Balaban J connectivity index is 2.77. The van der Waals surface area contributed by atoms with Crippen LogP contribution in [0.5, 0.6) is 0 Å². The third-order valence-electron chi connectivity index (χ3n) is 3.61. The lowest BCUT2D eigenvalue weighted by Crippen LogP contribution is -2.65. The Morgan fingerprint density at radius 1 is 1.41 bits per heavy atom. The number of carbonyl (C=O) groups is 5. The highest BCUT2D eigenvalue weighted by atomic mass is 35.6. The standard InChI is InChI=1S/C13H12Cl3N3O7S/c1-4(20)18-12(3-26-11(17)25)7(9(22)13(14,15)16)8(10(23)24)19-5(21)2-6(19)27-12/h6H,2-3H2,1H3,(H2,17,25)(H,18,20)(H,23,24)/t6-,12?/m1/s1. The first kappa shape index (κ1) is 21.6. The largest absolute Gasteiger partial charge is 0.477 e. The number of halogens is 3. The van der Waals surface area contributed by atoms with Gasteiger partial charge in [0, 0.05) is 6.92 Å². The van der Waals surface area contributed by atoms with Gasteiger partial charge in [0.2, 0.25) is 17.6 Å². The van der Waals surface area contributed by atoms with Gasteiger partial charge < -0.3 is 20.9 Å². The zero-order valence-corrected chi connectivity index (χ0v) is 16.5. The van der Waals surface area contributed by atoms with E-state index in [0.717, 1.165) is 23.6 Å². The number of nitrogens with two attached hydrogens (primary N) is 1. The molecule has 0 bridgehead atoms. The summed E-state index contributed by atoms with van der Waals surface area (Å²) < 4.78 is 2.12. The van der Waals surface area contributed by atoms with Crippen LogP contribution in [0.3, 0.4) is 0 Å². The van der Waals surface area contributed by atoms with Crippen LogP contribution < -0.4 is 11.1 Å². The number of β-lactam (4-membered cyclic amide) rings is 1. The number of ether oxygens (including phenoxy) is 1. The van der Waals surface area contributed by atoms with Crippen LogP contribution in [0.2, 0.25) is 0 Å². The van der Waals surface area contributed by atoms with E-state index in [1.165, 1.54) is 0 Å². The van der Waals surface area contributed by atoms with Crippen LogP contribution in [0.25, 0.3) is 0 Å². The van der Waals surface area contributed by atoms with Crippen LogP contribution in [0.15, 0.2) is 11.3 Å². The number of carbonyl (C=O) groups excluding carboxylic acids is 4. The highest BCUT2D eigenvalue weighted by molar-refractivity contribution is 8.01. The van der Waals surface area contributed by atoms with Gasteiger partial charge in [-0.2, -0.15) is 0 Å². The maximum atomic E-state index is 12.8. The molecule has 0 aromatic rings. The Morgan fingerprint density at radius 2 is 2.00 bits per heavy atom. The quantitative estimate of drug-likeness (QED) is 0.395. The van der Waals surface area contributed by atoms with Crippen molar-refractivity contribution in [3.63, 3.8) is 0 Å². The number of aliphatic carboxylic acids is 1. The van der Waals surface area contributed by atoms with Gasteiger partial charge in [-0.3, -0.25) is 19.3 Å². The number of Topliss-reactive ketones (excluding diaryl/α,β-unsaturated/α-hetero) is 1. The van der Waals surface area contributed by atoms with E-state index in [9.17, 15) is 29.1 Å². The summed E-state index contributed by atoms with van der Waals surface area (Å²) in [4.78, 5) is 58.3. The van der Waals surface area contributed by atoms with Crippen LogP contribution in [0.4, 0.5) is 4.79 Å². The number of hydrogen-bond donors (Lipinski definition) is 3. The molecule has 3 amide bonds. The number of hydrogen-bond acceptors (Lipinski definition) is 7. The Morgan fingerprint density at radius 3 is 2.41 bits per heavy atom. The number of carboxylic acid groups (broad SMARTS) is 1. The smallest absolute Gasteiger partial charge is 0.404 e. The van der Waals surface area contributed by atoms with Gasteiger partial charge in [-0.1, -0.05) is 46.6 Å². The number of rotatable bonds is 5. The van der Waals surface area contributed by atoms with E-state index in [-0.39, 0.29) is 6.42 Å². The second kappa shape index (κ2) is 7.38. The van der Waals surface area contributed by atoms with Crippen LogP contribution in [0.1, 0.15) is 13.3 Å². The molecule has 10 nitrogen and oxygen atoms in total. The molecule has 27 heavy (non-hydrogen) atoms. The molecule has 0 spiro atoms. The first-order valence-electron chi connectivity index (χ1n) is 7.10. The summed E-state index contributed by atoms with van der Waals surface area (Å²) in [7, 11) is 0. The van der Waals surface area contributed by atoms with Crippen molar-refractivity contribution in [1.29, 1.82) is 0 Å². The molecule has 0 saturated carbocycles. The van der Waals surface area contributed by atoms with Crippen LogP contribution in [-0.2, 0) is 23.9 Å². The summed E-state index contributed by atoms with van der Waals surface area (Å²) >= 11 is 17.7. The highest BCUT2D eigenvalue weighted by Crippen LogP contribution is 2.51. The van der Waals surface area contributed by atoms with Crippen LogP contribution in [0, 0.1) is 0 Å². The number of ketones is 1. The average molecular weight is 461 g/mol. The van der Waals surface area contributed by atoms with Crippen molar-refractivity contribution >= 4 is 76.2 Å². The maximum absolute atomic E-state index is 12.8. The topological polar surface area (TPSA) is 156 Å². The lowest BCUT2D eigenvalue weighted by atomic mass is 9.96. The van der Waals surface area contributed by atoms with Crippen molar-refractivity contribution in [2.24, 2.45) is 5.73 Å². The SMILES string of the molecule is CC(=O)NC1(COC(N)=O)S[C@@H]2CC(=O)N2C(C(=O)O)=C1C(=O)C(Cl)(Cl)Cl. The molecule has 0 radical (unpaired) electrons. The van der Waals surface area contributed by atoms with Crippen molar-refractivity contribution < 1.29 is 33.8 Å². The van der Waals surface area contributed by atoms with E-state index in [1.54, 1.807) is 0 Å². The van der Waals surface area contributed by atoms with E-state index in [4.69, 9.17) is 45.3 Å². The van der Waals surface area contributed by atoms with E-state index >= 15 is 0 Å². The Kier molecular flexibility index (Phi) is 5.91. The van der Waals surface area contributed by atoms with Crippen molar-refractivity contribution in [1.82, 2.24) is 10.2 Å². The molecule has 0 aromatic carbocycles. The summed E-state index contributed by atoms with van der Waals surface area (Å²) in [6, 6.07) is 0. The fourth-order valence-electron chi connectivity index (χ4n) is 2.69. The zero-order valence-electron chi connectivity index (χ0n) is 13.5. The first-order chi connectivity index (χ1) is 12.3. The second-order valence-electron chi connectivity index (χ2n) is 5.51. The second-order valence-corrected chi connectivity index (χ2v) is 9.27. The van der Waals surface area contributed by atoms with E-state index in [1.807, 2.05) is 0 Å². The van der Waals surface area contributed by atoms with Gasteiger partial charge in [0.1, 0.15) is 12.3 Å². The molecule has 0 aromatic heterocycles. The van der Waals surface area contributed by atoms with Gasteiger partial charge in [0.05, 0.1) is 17.4 Å². The van der Waals surface area contributed by atoms with Crippen LogP contribution in [-0.4, -0.2) is 60.3 Å². The molecule has 148 valence electrons. The first-order valence-corrected chi connectivity index (χ1v) is 9.12. The third-order valence-corrected chi connectivity index (χ3v) is 5.60. The molecule has 1 unspecified atom stereocenters. The summed E-state index contributed by atoms with van der Waals surface area (Å²) in [6.45, 7) is 0.354. The van der Waals surface area contributed by atoms with Crippen molar-refractivity contribution in [3.8, 4) is 0 Å². The highest BCUT2D eigenvalue weighted by Gasteiger charge is 2.59. The summed E-state index contributed by atoms with van der Waals surface area (Å²) in [5.74, 6) is -4.25. The number of carboxylic acids is 1. The lowest BCUT2D eigenvalue weighted by Gasteiger charge is -2.51. The van der Waals surface area contributed by atoms with Gasteiger partial charge in [-0.05, 0) is 0 Å². The molecule has 1 saturated heterocycles. The summed E-state index contributed by atoms with van der Waals surface area (Å²) in [5.41, 5.74) is 3.48. The molecule has 2 heterocycles. The number of nitrogens with zero attached hydrogens (tertiary/aromatic N) is 1. The normalized spacial score (nSPS) is 24.7. The van der Waals surface area contributed by atoms with Gasteiger partial charge in [-0.15, -0.1) is 0 Å². The third kappa shape index (κ3) is 4.10. The number of amides is 3. The van der Waals surface area contributed by atoms with Crippen molar-refractivity contribution in [2.45, 2.75) is 27.4 Å². The Hall–Kier alpha value is -1.69. The number of primary amides is 1. The summed E-state index contributed by atoms with van der Waals surface area (Å²) in [5, 5.41) is 11.2. The molecular formula is C13H12Cl3N3O7S. The maximum Gasteiger partial charge on any atom is 0.404 e. The number of alkyl halides is 3. The number of thioether (sulfide) groups is 1. The molecule has 14 heteroatoms. The summed E-state index contributed by atoms with van der Waals surface area (Å²) in [6.07, 6.45) is -1.32. The average Bonchev–Trinajstić information content (AvgIpc) is 2.49. The minimum atomic E-state index is -2.62. The molecule has 2 aliphatic rings. The fourth-order valence-corrected chi connectivity index (χ4v) is 4.63. The van der Waals surface area contributed by atoms with E-state index in [0.29, 0.717) is 0 Å². The lowest BCUT2D eigenvalue weighted by molar-refractivity contribution is -0.146. The predicted octanol–water partition coefficient (Wildman–Crippen LogP) is 0.497. The van der Waals surface area contributed by atoms with Crippen molar-refractivity contribution in [3.05, 3.63) is 11.3 Å². The van der Waals surface area contributed by atoms with Gasteiger partial charge >= 0.3 is 12.1 Å². The van der Waals surface area contributed by atoms with Gasteiger partial charge in [0.15, 0.2) is 4.87 Å². The molecule has 2 rings (SSSR count).